The van der Waals surface area contributed by atoms with Gasteiger partial charge >= 0.3 is 12.7 Å². The van der Waals surface area contributed by atoms with Gasteiger partial charge < -0.3 is 40.3 Å². The van der Waals surface area contributed by atoms with Crippen molar-refractivity contribution in [3.63, 3.8) is 0 Å². The standard InChI is InChI=1S/C16H22BN2O8/c1-8(20)13(18)15(21)19-6-10(7-19)26-11-3-2-9-4-5-17(24,25)27-14(9)12(11)16(22)23/h2-3,8,10,13,20,24-25H,4-7,18H2,1H3,(H,22,23)/q-1/t8-,13+/m0/s1. The molecule has 2 heterocycles. The number of carbonyl (C=O) groups is 2. The highest BCUT2D eigenvalue weighted by molar-refractivity contribution is 6.59. The molecule has 1 aromatic carbocycles. The summed E-state index contributed by atoms with van der Waals surface area (Å²) in [4.78, 5) is 25.1. The number of carbonyl (C=O) groups excluding carboxylic acids is 1. The van der Waals surface area contributed by atoms with Crippen LogP contribution in [0.5, 0.6) is 11.5 Å². The van der Waals surface area contributed by atoms with Crippen LogP contribution in [0.3, 0.4) is 0 Å². The quantitative estimate of drug-likeness (QED) is 0.384. The van der Waals surface area contributed by atoms with Gasteiger partial charge in [-0.3, -0.25) is 4.79 Å². The van der Waals surface area contributed by atoms with E-state index < -0.39 is 36.9 Å². The van der Waals surface area contributed by atoms with Crippen molar-refractivity contribution >= 4 is 18.6 Å². The summed E-state index contributed by atoms with van der Waals surface area (Å²) in [6, 6.07) is 2.09. The van der Waals surface area contributed by atoms with Crippen LogP contribution >= 0.6 is 0 Å². The number of carboxylic acids is 1. The number of carboxylic acid groups (broad SMARTS) is 1. The first kappa shape index (κ1) is 19.4. The Morgan fingerprint density at radius 2 is 2.04 bits per heavy atom. The number of hydrogen-bond acceptors (Lipinski definition) is 8. The summed E-state index contributed by atoms with van der Waals surface area (Å²) in [6.45, 7) is -1.29. The van der Waals surface area contributed by atoms with Gasteiger partial charge in [0.25, 0.3) is 0 Å². The molecular formula is C16H22BN2O8-. The van der Waals surface area contributed by atoms with Gasteiger partial charge in [-0.1, -0.05) is 12.4 Å². The minimum absolute atomic E-state index is 0.0184. The number of rotatable bonds is 5. The number of hydrogen-bond donors (Lipinski definition) is 5. The van der Waals surface area contributed by atoms with Crippen LogP contribution in [0.4, 0.5) is 0 Å². The van der Waals surface area contributed by atoms with E-state index in [1.807, 2.05) is 0 Å². The number of nitrogens with two attached hydrogens (primary N) is 1. The Labute approximate surface area is 155 Å². The van der Waals surface area contributed by atoms with Crippen LogP contribution in [0.1, 0.15) is 22.8 Å². The Balaban J connectivity index is 1.74. The second kappa shape index (κ2) is 7.00. The maximum Gasteiger partial charge on any atom is 0.430 e. The van der Waals surface area contributed by atoms with Crippen molar-refractivity contribution in [2.24, 2.45) is 5.73 Å². The van der Waals surface area contributed by atoms with Crippen LogP contribution in [-0.2, 0) is 11.2 Å². The average Bonchev–Trinajstić information content (AvgIpc) is 2.54. The fourth-order valence-corrected chi connectivity index (χ4v) is 3.12. The molecule has 0 aliphatic carbocycles. The predicted molar refractivity (Wildman–Crippen MR) is 93.4 cm³/mol. The van der Waals surface area contributed by atoms with Crippen LogP contribution in [0.15, 0.2) is 12.1 Å². The summed E-state index contributed by atoms with van der Waals surface area (Å²) >= 11 is 0. The van der Waals surface area contributed by atoms with Gasteiger partial charge in [0.15, 0.2) is 0 Å². The number of amides is 1. The van der Waals surface area contributed by atoms with Crippen LogP contribution in [0.2, 0.25) is 6.32 Å². The molecular weight excluding hydrogens is 359 g/mol. The van der Waals surface area contributed by atoms with Gasteiger partial charge in [0.05, 0.1) is 24.9 Å². The average molecular weight is 381 g/mol. The van der Waals surface area contributed by atoms with Crippen molar-refractivity contribution in [2.75, 3.05) is 13.1 Å². The SMILES string of the molecule is C[C@H](O)[C@@H](N)C(=O)N1CC(Oc2ccc3c(c2C(=O)O)O[B-](O)(O)CC3)C1. The van der Waals surface area contributed by atoms with Crippen molar-refractivity contribution in [1.82, 2.24) is 4.90 Å². The third-order valence-electron chi connectivity index (χ3n) is 4.77. The number of benzene rings is 1. The van der Waals surface area contributed by atoms with Gasteiger partial charge in [-0.05, 0) is 25.0 Å². The number of aryl methyl sites for hydroxylation is 1. The third-order valence-corrected chi connectivity index (χ3v) is 4.77. The van der Waals surface area contributed by atoms with Crippen molar-refractivity contribution in [3.8, 4) is 11.5 Å². The predicted octanol–water partition coefficient (Wildman–Crippen LogP) is -1.46. The number of aliphatic hydroxyl groups is 1. The van der Waals surface area contributed by atoms with Crippen LogP contribution < -0.4 is 15.1 Å². The van der Waals surface area contributed by atoms with Crippen molar-refractivity contribution < 1.29 is 39.2 Å². The van der Waals surface area contributed by atoms with Crippen molar-refractivity contribution in [3.05, 3.63) is 23.3 Å². The second-order valence-corrected chi connectivity index (χ2v) is 7.00. The highest BCUT2D eigenvalue weighted by Gasteiger charge is 2.38. The molecule has 1 aromatic rings. The highest BCUT2D eigenvalue weighted by atomic mass is 16.6. The molecule has 1 amide bonds. The molecule has 0 unspecified atom stereocenters. The Kier molecular flexibility index (Phi) is 5.04. The maximum absolute atomic E-state index is 12.0. The van der Waals surface area contributed by atoms with Gasteiger partial charge in [0.1, 0.15) is 23.5 Å². The molecule has 1 saturated heterocycles. The van der Waals surface area contributed by atoms with E-state index >= 15 is 0 Å². The molecule has 1 fully saturated rings. The molecule has 0 radical (unpaired) electrons. The summed E-state index contributed by atoms with van der Waals surface area (Å²) in [5.41, 5.74) is 5.88. The maximum atomic E-state index is 12.0. The largest absolute Gasteiger partial charge is 0.669 e. The molecule has 148 valence electrons. The first-order valence-corrected chi connectivity index (χ1v) is 8.66. The number of aromatic carboxylic acids is 1. The van der Waals surface area contributed by atoms with Gasteiger partial charge in [-0.2, -0.15) is 0 Å². The third kappa shape index (κ3) is 3.86. The lowest BCUT2D eigenvalue weighted by atomic mass is 9.70. The number of nitrogens with zero attached hydrogens (tertiary/aromatic N) is 1. The van der Waals surface area contributed by atoms with Crippen molar-refractivity contribution in [2.45, 2.75) is 37.9 Å². The molecule has 27 heavy (non-hydrogen) atoms. The lowest BCUT2D eigenvalue weighted by Gasteiger charge is -2.41. The van der Waals surface area contributed by atoms with E-state index in [0.717, 1.165) is 0 Å². The second-order valence-electron chi connectivity index (χ2n) is 7.00. The smallest absolute Gasteiger partial charge is 0.430 e. The Hall–Kier alpha value is -2.34. The number of ether oxygens (including phenoxy) is 1. The zero-order valence-corrected chi connectivity index (χ0v) is 14.7. The number of fused-ring (bicyclic) bond motifs is 1. The van der Waals surface area contributed by atoms with E-state index in [4.69, 9.17) is 15.1 Å². The fraction of sp³-hybridized carbons (Fsp3) is 0.500. The number of likely N-dealkylation sites (tertiary alicyclic amines) is 1. The topological polar surface area (TPSA) is 163 Å². The molecule has 2 aliphatic rings. The van der Waals surface area contributed by atoms with Gasteiger partial charge in [-0.15, -0.1) is 0 Å². The Morgan fingerprint density at radius 3 is 2.63 bits per heavy atom. The van der Waals surface area contributed by atoms with E-state index in [0.29, 0.717) is 5.56 Å². The molecule has 0 bridgehead atoms. The molecule has 0 aromatic heterocycles. The lowest BCUT2D eigenvalue weighted by Crippen LogP contribution is -2.61. The molecule has 0 spiro atoms. The molecule has 10 nitrogen and oxygen atoms in total. The summed E-state index contributed by atoms with van der Waals surface area (Å²) < 4.78 is 10.8. The van der Waals surface area contributed by atoms with Crippen LogP contribution in [0.25, 0.3) is 0 Å². The summed E-state index contributed by atoms with van der Waals surface area (Å²) in [5, 5.41) is 38.4. The minimum atomic E-state index is -3.11. The Bertz CT molecular complexity index is 763. The first-order valence-electron chi connectivity index (χ1n) is 8.66. The monoisotopic (exact) mass is 381 g/mol. The Morgan fingerprint density at radius 1 is 1.37 bits per heavy atom. The fourth-order valence-electron chi connectivity index (χ4n) is 3.12. The molecule has 2 aliphatic heterocycles. The minimum Gasteiger partial charge on any atom is -0.669 e. The first-order chi connectivity index (χ1) is 12.6. The van der Waals surface area contributed by atoms with Crippen LogP contribution in [0, 0.1) is 0 Å². The van der Waals surface area contributed by atoms with Crippen LogP contribution in [-0.4, -0.2) is 75.1 Å². The summed E-state index contributed by atoms with van der Waals surface area (Å²) in [7, 11) is 0. The lowest BCUT2D eigenvalue weighted by molar-refractivity contribution is -0.143. The molecule has 11 heteroatoms. The molecule has 3 rings (SSSR count). The van der Waals surface area contributed by atoms with E-state index in [-0.39, 0.29) is 42.9 Å². The molecule has 6 N–H and O–H groups in total. The summed E-state index contributed by atoms with van der Waals surface area (Å²) in [6.07, 6.45) is -1.18. The van der Waals surface area contributed by atoms with E-state index in [2.05, 4.69) is 0 Å². The van der Waals surface area contributed by atoms with Crippen molar-refractivity contribution in [1.29, 1.82) is 0 Å². The zero-order chi connectivity index (χ0) is 19.9. The highest BCUT2D eigenvalue weighted by Crippen LogP contribution is 2.38. The zero-order valence-electron chi connectivity index (χ0n) is 14.7. The van der Waals surface area contributed by atoms with E-state index in [1.54, 1.807) is 6.07 Å². The molecule has 0 saturated carbocycles. The van der Waals surface area contributed by atoms with Gasteiger partial charge in [0.2, 0.25) is 5.91 Å². The normalized spacial score (nSPS) is 20.7. The summed E-state index contributed by atoms with van der Waals surface area (Å²) in [5.74, 6) is -1.82. The van der Waals surface area contributed by atoms with E-state index in [9.17, 15) is 29.9 Å². The van der Waals surface area contributed by atoms with Gasteiger partial charge in [-0.25, -0.2) is 4.79 Å². The number of aliphatic hydroxyl groups excluding tert-OH is 1. The molecule has 2 atom stereocenters. The van der Waals surface area contributed by atoms with Gasteiger partial charge in [0, 0.05) is 0 Å². The van der Waals surface area contributed by atoms with E-state index in [1.165, 1.54) is 17.9 Å².